The number of hydrogen-bond acceptors (Lipinski definition) is 5. The summed E-state index contributed by atoms with van der Waals surface area (Å²) in [6.07, 6.45) is 1.95. The Morgan fingerprint density at radius 1 is 1.09 bits per heavy atom. The molecule has 1 aliphatic heterocycles. The van der Waals surface area contributed by atoms with Crippen molar-refractivity contribution in [3.8, 4) is 5.69 Å². The maximum absolute atomic E-state index is 14.3. The highest BCUT2D eigenvalue weighted by atomic mass is 32.1. The van der Waals surface area contributed by atoms with Gasteiger partial charge in [-0.25, -0.2) is 9.07 Å². The molecule has 0 aliphatic carbocycles. The average Bonchev–Trinajstić information content (AvgIpc) is 3.42. The minimum absolute atomic E-state index is 0.227. The zero-order valence-corrected chi connectivity index (χ0v) is 22.7. The predicted octanol–water partition coefficient (Wildman–Crippen LogP) is 5.89. The van der Waals surface area contributed by atoms with Gasteiger partial charge in [-0.2, -0.15) is 5.10 Å². The van der Waals surface area contributed by atoms with Crippen molar-refractivity contribution >= 4 is 17.2 Å². The summed E-state index contributed by atoms with van der Waals surface area (Å²) in [5, 5.41) is 7.31. The first-order valence-electron chi connectivity index (χ1n) is 13.0. The van der Waals surface area contributed by atoms with E-state index in [1.165, 1.54) is 22.1 Å². The number of benzene rings is 1. The highest BCUT2D eigenvalue weighted by molar-refractivity contribution is 7.10. The number of aryl methyl sites for hydroxylation is 2. The number of nitrogens with zero attached hydrogens (tertiary/aromatic N) is 5. The lowest BCUT2D eigenvalue weighted by molar-refractivity contribution is 0.204. The molecule has 0 N–H and O–H groups in total. The van der Waals surface area contributed by atoms with Crippen molar-refractivity contribution in [2.24, 2.45) is 0 Å². The molecular formula is C28H40FN5S. The largest absolute Gasteiger partial charge is 0.354 e. The molecule has 4 rings (SSSR count). The van der Waals surface area contributed by atoms with Crippen LogP contribution in [0, 0.1) is 12.7 Å². The van der Waals surface area contributed by atoms with Crippen LogP contribution in [0.1, 0.15) is 55.8 Å². The lowest BCUT2D eigenvalue weighted by atomic mass is 10.1. The molecule has 35 heavy (non-hydrogen) atoms. The van der Waals surface area contributed by atoms with Crippen molar-refractivity contribution in [3.63, 3.8) is 0 Å². The first kappa shape index (κ1) is 25.9. The Bertz CT molecular complexity index is 1100. The van der Waals surface area contributed by atoms with Gasteiger partial charge in [0, 0.05) is 55.8 Å². The fourth-order valence-electron chi connectivity index (χ4n) is 4.85. The van der Waals surface area contributed by atoms with Crippen molar-refractivity contribution in [2.75, 3.05) is 37.6 Å². The molecule has 7 heteroatoms. The molecule has 1 fully saturated rings. The topological polar surface area (TPSA) is 27.5 Å². The van der Waals surface area contributed by atoms with Gasteiger partial charge in [0.25, 0.3) is 0 Å². The summed E-state index contributed by atoms with van der Waals surface area (Å²) in [5.41, 5.74) is 4.59. The zero-order chi connectivity index (χ0) is 24.9. The number of likely N-dealkylation sites (N-methyl/N-ethyl adjacent to an activating group) is 1. The Hall–Kier alpha value is -2.22. The second-order valence-corrected chi connectivity index (χ2v) is 10.8. The van der Waals surface area contributed by atoms with E-state index in [9.17, 15) is 4.39 Å². The smallest absolute Gasteiger partial charge is 0.137 e. The molecule has 1 aromatic carbocycles. The fourth-order valence-corrected chi connectivity index (χ4v) is 5.78. The first-order valence-corrected chi connectivity index (χ1v) is 13.9. The molecule has 0 unspecified atom stereocenters. The van der Waals surface area contributed by atoms with E-state index >= 15 is 0 Å². The van der Waals surface area contributed by atoms with Gasteiger partial charge < -0.3 is 9.80 Å². The maximum Gasteiger partial charge on any atom is 0.137 e. The van der Waals surface area contributed by atoms with Gasteiger partial charge in [-0.3, -0.25) is 4.90 Å². The van der Waals surface area contributed by atoms with Gasteiger partial charge >= 0.3 is 0 Å². The molecule has 0 spiro atoms. The van der Waals surface area contributed by atoms with Crippen molar-refractivity contribution in [1.82, 2.24) is 19.6 Å². The van der Waals surface area contributed by atoms with Crippen LogP contribution < -0.4 is 4.90 Å². The molecule has 0 saturated carbocycles. The van der Waals surface area contributed by atoms with Gasteiger partial charge in [-0.05, 0) is 68.9 Å². The Morgan fingerprint density at radius 3 is 2.46 bits per heavy atom. The summed E-state index contributed by atoms with van der Waals surface area (Å²) < 4.78 is 16.3. The van der Waals surface area contributed by atoms with Crippen LogP contribution in [0.4, 0.5) is 10.2 Å². The van der Waals surface area contributed by atoms with E-state index in [1.54, 1.807) is 12.1 Å². The van der Waals surface area contributed by atoms with Gasteiger partial charge in [-0.15, -0.1) is 11.3 Å². The normalized spacial score (nSPS) is 15.0. The van der Waals surface area contributed by atoms with Gasteiger partial charge in [0.1, 0.15) is 11.6 Å². The molecule has 190 valence electrons. The summed E-state index contributed by atoms with van der Waals surface area (Å²) in [6.45, 7) is 18.0. The summed E-state index contributed by atoms with van der Waals surface area (Å²) >= 11 is 1.84. The third-order valence-electron chi connectivity index (χ3n) is 7.10. The Morgan fingerprint density at radius 2 is 1.86 bits per heavy atom. The van der Waals surface area contributed by atoms with Gasteiger partial charge in [-0.1, -0.05) is 26.3 Å². The van der Waals surface area contributed by atoms with Crippen LogP contribution in [0.5, 0.6) is 0 Å². The number of piperazine rings is 1. The van der Waals surface area contributed by atoms with Crippen molar-refractivity contribution in [1.29, 1.82) is 0 Å². The number of rotatable bonds is 10. The van der Waals surface area contributed by atoms with E-state index < -0.39 is 0 Å². The lowest BCUT2D eigenvalue weighted by Gasteiger charge is -2.36. The zero-order valence-electron chi connectivity index (χ0n) is 21.9. The molecule has 0 bridgehead atoms. The highest BCUT2D eigenvalue weighted by Crippen LogP contribution is 2.32. The second kappa shape index (κ2) is 11.7. The molecule has 1 saturated heterocycles. The minimum atomic E-state index is -0.227. The maximum atomic E-state index is 14.3. The molecule has 3 aromatic rings. The molecule has 1 aliphatic rings. The van der Waals surface area contributed by atoms with E-state index in [-0.39, 0.29) is 5.82 Å². The van der Waals surface area contributed by atoms with E-state index in [1.807, 2.05) is 22.1 Å². The number of aromatic nitrogens is 2. The van der Waals surface area contributed by atoms with Crippen LogP contribution in [0.3, 0.4) is 0 Å². The van der Waals surface area contributed by atoms with Crippen molar-refractivity contribution < 1.29 is 4.39 Å². The van der Waals surface area contributed by atoms with Crippen molar-refractivity contribution in [3.05, 3.63) is 63.2 Å². The van der Waals surface area contributed by atoms with E-state index in [4.69, 9.17) is 5.10 Å². The molecule has 0 amide bonds. The van der Waals surface area contributed by atoms with E-state index in [0.717, 1.165) is 75.9 Å². The minimum Gasteiger partial charge on any atom is -0.354 e. The van der Waals surface area contributed by atoms with Gasteiger partial charge in [0.15, 0.2) is 0 Å². The van der Waals surface area contributed by atoms with Crippen LogP contribution >= 0.6 is 11.3 Å². The lowest BCUT2D eigenvalue weighted by Crippen LogP contribution is -2.47. The van der Waals surface area contributed by atoms with Crippen LogP contribution in [0.15, 0.2) is 35.7 Å². The summed E-state index contributed by atoms with van der Waals surface area (Å²) in [5.74, 6) is 0.915. The molecular weight excluding hydrogens is 457 g/mol. The number of thiophene rings is 1. The summed E-state index contributed by atoms with van der Waals surface area (Å²) in [4.78, 5) is 8.95. The Kier molecular flexibility index (Phi) is 8.63. The van der Waals surface area contributed by atoms with Crippen LogP contribution in [0.25, 0.3) is 5.69 Å². The predicted molar refractivity (Wildman–Crippen MR) is 145 cm³/mol. The Labute approximate surface area is 214 Å². The molecule has 3 heterocycles. The number of anilines is 1. The quantitative estimate of drug-likeness (QED) is 0.349. The highest BCUT2D eigenvalue weighted by Gasteiger charge is 2.28. The average molecular weight is 498 g/mol. The molecule has 0 atom stereocenters. The monoisotopic (exact) mass is 497 g/mol. The summed E-state index contributed by atoms with van der Waals surface area (Å²) in [7, 11) is 0. The number of halogens is 1. The molecule has 0 radical (unpaired) electrons. The fraction of sp³-hybridized carbons (Fsp3) is 0.536. The Balaban J connectivity index is 1.78. The third kappa shape index (κ3) is 5.96. The summed E-state index contributed by atoms with van der Waals surface area (Å²) in [6, 6.07) is 9.47. The first-order chi connectivity index (χ1) is 16.9. The van der Waals surface area contributed by atoms with Crippen LogP contribution in [-0.4, -0.2) is 58.3 Å². The van der Waals surface area contributed by atoms with Crippen LogP contribution in [0.2, 0.25) is 0 Å². The van der Waals surface area contributed by atoms with Crippen molar-refractivity contribution in [2.45, 2.75) is 66.6 Å². The van der Waals surface area contributed by atoms with Crippen LogP contribution in [-0.2, 0) is 19.5 Å². The molecule has 5 nitrogen and oxygen atoms in total. The van der Waals surface area contributed by atoms with E-state index in [0.29, 0.717) is 6.04 Å². The van der Waals surface area contributed by atoms with Gasteiger partial charge in [0.2, 0.25) is 0 Å². The SMILES string of the molecule is CCCc1nn(-c2cccc(F)c2)c(N2CCN(CC)CC2)c1CN(Cc1sccc1C)C(C)C. The van der Waals surface area contributed by atoms with E-state index in [2.05, 4.69) is 60.8 Å². The standard InChI is InChI=1S/C28H40FN5S/c1-6-9-26-25(19-33(21(3)4)20-27-22(5)12-17-35-27)28(32-15-13-31(7-2)14-16-32)34(30-26)24-11-8-10-23(29)18-24/h8,10-12,17-18,21H,6-7,9,13-16,19-20H2,1-5H3. The van der Waals surface area contributed by atoms with Gasteiger partial charge in [0.05, 0.1) is 11.4 Å². The molecule has 2 aromatic heterocycles. The number of hydrogen-bond donors (Lipinski definition) is 0. The third-order valence-corrected chi connectivity index (χ3v) is 8.11. The second-order valence-electron chi connectivity index (χ2n) is 9.84.